The SMILES string of the molecule is CCOC(=O)C1CCN(c2nnc(Cc3ccc4c(c3)OCO4)c3c(N)nccc23)CC1. The third-order valence-corrected chi connectivity index (χ3v) is 6.00. The molecule has 1 aromatic carbocycles. The molecule has 3 aromatic rings. The fourth-order valence-corrected chi connectivity index (χ4v) is 4.37. The number of benzene rings is 1. The summed E-state index contributed by atoms with van der Waals surface area (Å²) in [5, 5.41) is 10.8. The van der Waals surface area contributed by atoms with Crippen LogP contribution in [0.1, 0.15) is 31.0 Å². The molecule has 2 N–H and O–H groups in total. The molecule has 32 heavy (non-hydrogen) atoms. The van der Waals surface area contributed by atoms with Crippen molar-refractivity contribution in [2.75, 3.05) is 37.1 Å². The zero-order valence-corrected chi connectivity index (χ0v) is 17.9. The molecule has 4 heterocycles. The quantitative estimate of drug-likeness (QED) is 0.604. The first kappa shape index (κ1) is 20.3. The number of carbonyl (C=O) groups is 1. The van der Waals surface area contributed by atoms with Crippen LogP contribution in [0.5, 0.6) is 11.5 Å². The summed E-state index contributed by atoms with van der Waals surface area (Å²) in [6.07, 6.45) is 3.68. The molecule has 1 saturated heterocycles. The van der Waals surface area contributed by atoms with Gasteiger partial charge < -0.3 is 24.8 Å². The maximum Gasteiger partial charge on any atom is 0.309 e. The molecular weight excluding hydrogens is 410 g/mol. The van der Waals surface area contributed by atoms with Crippen molar-refractivity contribution in [1.29, 1.82) is 0 Å². The molecule has 9 nitrogen and oxygen atoms in total. The monoisotopic (exact) mass is 435 g/mol. The van der Waals surface area contributed by atoms with Gasteiger partial charge in [0.2, 0.25) is 6.79 Å². The molecule has 2 aliphatic heterocycles. The second-order valence-corrected chi connectivity index (χ2v) is 7.97. The Balaban J connectivity index is 1.43. The fourth-order valence-electron chi connectivity index (χ4n) is 4.37. The summed E-state index contributed by atoms with van der Waals surface area (Å²) >= 11 is 0. The lowest BCUT2D eigenvalue weighted by Gasteiger charge is -2.32. The van der Waals surface area contributed by atoms with E-state index in [2.05, 4.69) is 20.1 Å². The van der Waals surface area contributed by atoms with Crippen molar-refractivity contribution in [3.8, 4) is 11.5 Å². The van der Waals surface area contributed by atoms with E-state index in [-0.39, 0.29) is 18.7 Å². The van der Waals surface area contributed by atoms with Crippen LogP contribution in [0.3, 0.4) is 0 Å². The Kier molecular flexibility index (Phi) is 5.38. The minimum Gasteiger partial charge on any atom is -0.466 e. The molecule has 0 amide bonds. The van der Waals surface area contributed by atoms with Gasteiger partial charge in [0, 0.05) is 31.1 Å². The maximum atomic E-state index is 12.1. The Labute approximate surface area is 185 Å². The fraction of sp³-hybridized carbons (Fsp3) is 0.391. The van der Waals surface area contributed by atoms with Crippen LogP contribution in [0, 0.1) is 5.92 Å². The molecule has 0 unspecified atom stereocenters. The summed E-state index contributed by atoms with van der Waals surface area (Å²) < 4.78 is 16.1. The number of hydrogen-bond donors (Lipinski definition) is 1. The number of ether oxygens (including phenoxy) is 3. The van der Waals surface area contributed by atoms with Crippen LogP contribution in [0.4, 0.5) is 11.6 Å². The van der Waals surface area contributed by atoms with Gasteiger partial charge in [-0.1, -0.05) is 6.07 Å². The number of nitrogen functional groups attached to an aromatic ring is 1. The van der Waals surface area contributed by atoms with E-state index in [9.17, 15) is 4.79 Å². The highest BCUT2D eigenvalue weighted by Crippen LogP contribution is 2.35. The lowest BCUT2D eigenvalue weighted by Crippen LogP contribution is -2.37. The first-order valence-corrected chi connectivity index (χ1v) is 10.8. The van der Waals surface area contributed by atoms with Gasteiger partial charge in [0.1, 0.15) is 5.82 Å². The minimum atomic E-state index is -0.115. The van der Waals surface area contributed by atoms with Crippen LogP contribution in [0.25, 0.3) is 10.8 Å². The zero-order valence-electron chi connectivity index (χ0n) is 17.9. The highest BCUT2D eigenvalue weighted by Gasteiger charge is 2.28. The standard InChI is InChI=1S/C23H25N5O4/c1-2-30-23(29)15-6-9-28(10-7-15)22-16-5-8-25-21(24)20(16)17(26-27-22)11-14-3-4-18-19(12-14)32-13-31-18/h3-5,8,12,15H,2,6-7,9-11,13H2,1H3,(H2,24,25). The van der Waals surface area contributed by atoms with Gasteiger partial charge in [0.25, 0.3) is 0 Å². The van der Waals surface area contributed by atoms with Gasteiger partial charge in [0.05, 0.1) is 23.6 Å². The Morgan fingerprint density at radius 1 is 1.19 bits per heavy atom. The van der Waals surface area contributed by atoms with Crippen molar-refractivity contribution in [2.45, 2.75) is 26.2 Å². The van der Waals surface area contributed by atoms with E-state index in [0.29, 0.717) is 31.9 Å². The Morgan fingerprint density at radius 2 is 2.00 bits per heavy atom. The first-order chi connectivity index (χ1) is 15.6. The normalized spacial score (nSPS) is 15.8. The summed E-state index contributed by atoms with van der Waals surface area (Å²) in [5.74, 6) is 2.49. The van der Waals surface area contributed by atoms with E-state index >= 15 is 0 Å². The van der Waals surface area contributed by atoms with Gasteiger partial charge in [-0.25, -0.2) is 4.98 Å². The molecule has 0 radical (unpaired) electrons. The van der Waals surface area contributed by atoms with Gasteiger partial charge in [0.15, 0.2) is 17.3 Å². The zero-order chi connectivity index (χ0) is 22.1. The molecule has 2 aliphatic rings. The number of rotatable bonds is 5. The van der Waals surface area contributed by atoms with Crippen LogP contribution in [0.2, 0.25) is 0 Å². The number of fused-ring (bicyclic) bond motifs is 2. The largest absolute Gasteiger partial charge is 0.466 e. The third kappa shape index (κ3) is 3.74. The van der Waals surface area contributed by atoms with Gasteiger partial charge in [-0.3, -0.25) is 4.79 Å². The number of aromatic nitrogens is 3. The molecule has 2 aromatic heterocycles. The number of esters is 1. The third-order valence-electron chi connectivity index (χ3n) is 6.00. The summed E-state index contributed by atoms with van der Waals surface area (Å²) in [6, 6.07) is 7.77. The molecule has 5 rings (SSSR count). The molecule has 0 bridgehead atoms. The smallest absolute Gasteiger partial charge is 0.309 e. The van der Waals surface area contributed by atoms with Crippen molar-refractivity contribution in [3.05, 3.63) is 41.7 Å². The summed E-state index contributed by atoms with van der Waals surface area (Å²) in [4.78, 5) is 18.5. The number of carbonyl (C=O) groups excluding carboxylic acids is 1. The predicted molar refractivity (Wildman–Crippen MR) is 119 cm³/mol. The number of pyridine rings is 1. The number of anilines is 2. The molecular formula is C23H25N5O4. The highest BCUT2D eigenvalue weighted by molar-refractivity contribution is 5.99. The van der Waals surface area contributed by atoms with Crippen LogP contribution < -0.4 is 20.1 Å². The maximum absolute atomic E-state index is 12.1. The highest BCUT2D eigenvalue weighted by atomic mass is 16.7. The molecule has 0 spiro atoms. The van der Waals surface area contributed by atoms with E-state index in [4.69, 9.17) is 19.9 Å². The molecule has 1 fully saturated rings. The van der Waals surface area contributed by atoms with Crippen molar-refractivity contribution in [3.63, 3.8) is 0 Å². The summed E-state index contributed by atoms with van der Waals surface area (Å²) in [6.45, 7) is 3.89. The Hall–Kier alpha value is -3.62. The van der Waals surface area contributed by atoms with E-state index in [1.165, 1.54) is 0 Å². The van der Waals surface area contributed by atoms with Crippen molar-refractivity contribution < 1.29 is 19.0 Å². The number of nitrogens with two attached hydrogens (primary N) is 1. The van der Waals surface area contributed by atoms with Crippen LogP contribution >= 0.6 is 0 Å². The Morgan fingerprint density at radius 3 is 2.81 bits per heavy atom. The molecule has 166 valence electrons. The number of piperidine rings is 1. The van der Waals surface area contributed by atoms with Gasteiger partial charge >= 0.3 is 5.97 Å². The van der Waals surface area contributed by atoms with Crippen molar-refractivity contribution in [2.24, 2.45) is 5.92 Å². The minimum absolute atomic E-state index is 0.0672. The van der Waals surface area contributed by atoms with Crippen molar-refractivity contribution in [1.82, 2.24) is 15.2 Å². The van der Waals surface area contributed by atoms with Gasteiger partial charge in [-0.2, -0.15) is 5.10 Å². The lowest BCUT2D eigenvalue weighted by molar-refractivity contribution is -0.148. The summed E-state index contributed by atoms with van der Waals surface area (Å²) in [7, 11) is 0. The second kappa shape index (κ2) is 8.49. The van der Waals surface area contributed by atoms with Crippen molar-refractivity contribution >= 4 is 28.4 Å². The van der Waals surface area contributed by atoms with E-state index in [1.54, 1.807) is 6.20 Å². The van der Waals surface area contributed by atoms with Crippen LogP contribution in [-0.4, -0.2) is 47.6 Å². The van der Waals surface area contributed by atoms with E-state index in [0.717, 1.165) is 52.2 Å². The second-order valence-electron chi connectivity index (χ2n) is 7.97. The topological polar surface area (TPSA) is 113 Å². The predicted octanol–water partition coefficient (Wildman–Crippen LogP) is 2.71. The van der Waals surface area contributed by atoms with Gasteiger partial charge in [-0.05, 0) is 43.5 Å². The molecule has 0 atom stereocenters. The van der Waals surface area contributed by atoms with Crippen LogP contribution in [0.15, 0.2) is 30.5 Å². The first-order valence-electron chi connectivity index (χ1n) is 10.8. The number of nitrogens with zero attached hydrogens (tertiary/aromatic N) is 4. The van der Waals surface area contributed by atoms with Gasteiger partial charge in [-0.15, -0.1) is 5.10 Å². The Bertz CT molecular complexity index is 1160. The molecule has 0 saturated carbocycles. The van der Waals surface area contributed by atoms with E-state index < -0.39 is 0 Å². The average Bonchev–Trinajstić information content (AvgIpc) is 3.28. The molecule has 9 heteroatoms. The molecule has 0 aliphatic carbocycles. The lowest BCUT2D eigenvalue weighted by atomic mass is 9.96. The summed E-state index contributed by atoms with van der Waals surface area (Å²) in [5.41, 5.74) is 8.07. The van der Waals surface area contributed by atoms with Crippen LogP contribution in [-0.2, 0) is 16.0 Å². The number of hydrogen-bond acceptors (Lipinski definition) is 9. The average molecular weight is 435 g/mol. The van der Waals surface area contributed by atoms with E-state index in [1.807, 2.05) is 31.2 Å².